The minimum Gasteiger partial charge on any atom is -0.376 e. The molecule has 0 spiro atoms. The highest BCUT2D eigenvalue weighted by Gasteiger charge is 2.21. The average molecular weight is 355 g/mol. The van der Waals surface area contributed by atoms with Gasteiger partial charge in [0.05, 0.1) is 0 Å². The van der Waals surface area contributed by atoms with E-state index in [4.69, 9.17) is 0 Å². The first-order valence-corrected chi connectivity index (χ1v) is 8.51. The maximum absolute atomic E-state index is 12.0. The number of nitrogens with zero attached hydrogens (tertiary/aromatic N) is 2. The molecule has 0 aromatic carbocycles. The second-order valence-electron chi connectivity index (χ2n) is 5.95. The number of rotatable bonds is 5. The number of carbonyl (C=O) groups is 1. The first-order valence-electron chi connectivity index (χ1n) is 8.51. The van der Waals surface area contributed by atoms with Crippen molar-refractivity contribution in [3.05, 3.63) is 53.6 Å². The van der Waals surface area contributed by atoms with E-state index in [1.54, 1.807) is 23.4 Å². The Bertz CT molecular complexity index is 803. The van der Waals surface area contributed by atoms with Crippen molar-refractivity contribution in [3.63, 3.8) is 0 Å². The summed E-state index contributed by atoms with van der Waals surface area (Å²) in [6.07, 6.45) is 6.84. The lowest BCUT2D eigenvalue weighted by molar-refractivity contribution is -0.117. The van der Waals surface area contributed by atoms with E-state index in [2.05, 4.69) is 27.2 Å². The van der Waals surface area contributed by atoms with E-state index >= 15 is 0 Å². The molecule has 26 heavy (non-hydrogen) atoms. The summed E-state index contributed by atoms with van der Waals surface area (Å²) in [7, 11) is 1.81. The van der Waals surface area contributed by atoms with Crippen molar-refractivity contribution < 1.29 is 4.79 Å². The van der Waals surface area contributed by atoms with Crippen LogP contribution in [0.2, 0.25) is 0 Å². The Morgan fingerprint density at radius 2 is 2.15 bits per heavy atom. The second kappa shape index (κ2) is 9.41. The van der Waals surface area contributed by atoms with Crippen LogP contribution >= 0.6 is 0 Å². The molecule has 3 heterocycles. The van der Waals surface area contributed by atoms with Crippen LogP contribution in [0.1, 0.15) is 13.3 Å². The number of pyridine rings is 2. The van der Waals surface area contributed by atoms with Crippen LogP contribution in [0.3, 0.4) is 0 Å². The van der Waals surface area contributed by atoms with Crippen molar-refractivity contribution in [1.29, 1.82) is 0 Å². The van der Waals surface area contributed by atoms with Gasteiger partial charge >= 0.3 is 0 Å². The topological polar surface area (TPSA) is 90.1 Å². The van der Waals surface area contributed by atoms with Gasteiger partial charge in [0, 0.05) is 44.1 Å². The molecule has 0 bridgehead atoms. The molecule has 3 rings (SSSR count). The molecular formula is C19H25N5O2. The fraction of sp³-hybridized carbons (Fsp3) is 0.316. The average Bonchev–Trinajstić information content (AvgIpc) is 3.12. The number of aromatic amines is 1. The molecule has 1 fully saturated rings. The molecule has 0 saturated carbocycles. The molecule has 138 valence electrons. The quantitative estimate of drug-likeness (QED) is 0.566. The minimum absolute atomic E-state index is 0.0989. The number of carbonyl (C=O) groups excluding carboxylic acids is 1. The van der Waals surface area contributed by atoms with Crippen molar-refractivity contribution in [3.8, 4) is 11.1 Å². The third-order valence-electron chi connectivity index (χ3n) is 3.98. The highest BCUT2D eigenvalue weighted by molar-refractivity contribution is 5.68. The van der Waals surface area contributed by atoms with Crippen LogP contribution in [-0.4, -0.2) is 47.5 Å². The van der Waals surface area contributed by atoms with Crippen LogP contribution in [0.5, 0.6) is 0 Å². The molecule has 2 aromatic rings. The summed E-state index contributed by atoms with van der Waals surface area (Å²) >= 11 is 0. The summed E-state index contributed by atoms with van der Waals surface area (Å²) in [4.78, 5) is 31.5. The van der Waals surface area contributed by atoms with Crippen LogP contribution in [0.15, 0.2) is 48.0 Å². The molecule has 1 amide bonds. The maximum Gasteiger partial charge on any atom is 0.271 e. The normalized spacial score (nSPS) is 15.6. The highest BCUT2D eigenvalue weighted by atomic mass is 16.1. The van der Waals surface area contributed by atoms with Gasteiger partial charge in [0.1, 0.15) is 11.5 Å². The molecule has 1 saturated heterocycles. The van der Waals surface area contributed by atoms with Crippen molar-refractivity contribution in [2.24, 2.45) is 0 Å². The summed E-state index contributed by atoms with van der Waals surface area (Å²) in [5, 5.41) is 6.23. The van der Waals surface area contributed by atoms with Crippen molar-refractivity contribution >= 4 is 17.9 Å². The Hall–Kier alpha value is -3.09. The van der Waals surface area contributed by atoms with Gasteiger partial charge in [0.2, 0.25) is 6.41 Å². The molecule has 1 aliphatic heterocycles. The highest BCUT2D eigenvalue weighted by Crippen LogP contribution is 2.22. The zero-order valence-corrected chi connectivity index (χ0v) is 15.2. The van der Waals surface area contributed by atoms with E-state index in [0.29, 0.717) is 18.8 Å². The van der Waals surface area contributed by atoms with E-state index in [1.165, 1.54) is 0 Å². The molecule has 1 aliphatic rings. The van der Waals surface area contributed by atoms with Crippen molar-refractivity contribution in [1.82, 2.24) is 14.9 Å². The van der Waals surface area contributed by atoms with E-state index in [1.807, 2.05) is 32.2 Å². The lowest BCUT2D eigenvalue weighted by atomic mass is 10.1. The number of likely N-dealkylation sites (tertiary alicyclic amines) is 1. The van der Waals surface area contributed by atoms with Gasteiger partial charge in [-0.3, -0.25) is 9.59 Å². The number of anilines is 2. The zero-order valence-electron chi connectivity index (χ0n) is 15.2. The SMILES string of the molecule is C=CC.CNc1cc(-c2c[nH]c(=O)c(NC3CCN(C=O)C3)c2)ccn1. The maximum atomic E-state index is 12.0. The summed E-state index contributed by atoms with van der Waals surface area (Å²) in [6.45, 7) is 6.58. The van der Waals surface area contributed by atoms with Gasteiger partial charge in [-0.2, -0.15) is 0 Å². The van der Waals surface area contributed by atoms with E-state index in [-0.39, 0.29) is 11.6 Å². The Balaban J connectivity index is 0.000000758. The first kappa shape index (κ1) is 19.2. The predicted octanol–water partition coefficient (Wildman–Crippen LogP) is 2.31. The summed E-state index contributed by atoms with van der Waals surface area (Å²) in [5.74, 6) is 0.764. The summed E-state index contributed by atoms with van der Waals surface area (Å²) in [6, 6.07) is 5.74. The zero-order chi connectivity index (χ0) is 18.9. The lowest BCUT2D eigenvalue weighted by Gasteiger charge is -2.14. The fourth-order valence-electron chi connectivity index (χ4n) is 2.73. The van der Waals surface area contributed by atoms with Gasteiger partial charge in [0.15, 0.2) is 0 Å². The monoisotopic (exact) mass is 355 g/mol. The van der Waals surface area contributed by atoms with Crippen LogP contribution in [0, 0.1) is 0 Å². The Labute approximate surface area is 153 Å². The first-order chi connectivity index (χ1) is 12.6. The number of allylic oxidation sites excluding steroid dienone is 1. The number of hydrogen-bond donors (Lipinski definition) is 3. The van der Waals surface area contributed by atoms with Gasteiger partial charge in [-0.25, -0.2) is 4.98 Å². The molecule has 2 aromatic heterocycles. The fourth-order valence-corrected chi connectivity index (χ4v) is 2.73. The number of amides is 1. The van der Waals surface area contributed by atoms with E-state index < -0.39 is 0 Å². The molecule has 0 radical (unpaired) electrons. The molecule has 7 heteroatoms. The molecule has 1 atom stereocenters. The van der Waals surface area contributed by atoms with Gasteiger partial charge < -0.3 is 20.5 Å². The van der Waals surface area contributed by atoms with Crippen molar-refractivity contribution in [2.75, 3.05) is 30.8 Å². The van der Waals surface area contributed by atoms with Crippen LogP contribution in [0.25, 0.3) is 11.1 Å². The number of H-pyrrole nitrogens is 1. The lowest BCUT2D eigenvalue weighted by Crippen LogP contribution is -2.27. The smallest absolute Gasteiger partial charge is 0.271 e. The second-order valence-corrected chi connectivity index (χ2v) is 5.95. The van der Waals surface area contributed by atoms with Gasteiger partial charge in [0.25, 0.3) is 5.56 Å². The Kier molecular flexibility index (Phi) is 6.96. The Morgan fingerprint density at radius 1 is 1.38 bits per heavy atom. The third kappa shape index (κ3) is 4.95. The molecule has 1 unspecified atom stereocenters. The van der Waals surface area contributed by atoms with Gasteiger partial charge in [-0.1, -0.05) is 6.08 Å². The summed E-state index contributed by atoms with van der Waals surface area (Å²) < 4.78 is 0. The van der Waals surface area contributed by atoms with Crippen molar-refractivity contribution in [2.45, 2.75) is 19.4 Å². The molecule has 3 N–H and O–H groups in total. The molecular weight excluding hydrogens is 330 g/mol. The standard InChI is InChI=1S/C16H19N5O2.C3H6/c1-17-15-7-11(2-4-18-15)12-6-14(16(23)19-8-12)20-13-3-5-21(9-13)10-22;1-3-2/h2,4,6-8,10,13,20H,3,5,9H2,1H3,(H,17,18)(H,19,23);3H,1H2,2H3. The molecule has 7 nitrogen and oxygen atoms in total. The molecule has 0 aliphatic carbocycles. The van der Waals surface area contributed by atoms with Gasteiger partial charge in [-0.05, 0) is 37.1 Å². The number of hydrogen-bond acceptors (Lipinski definition) is 5. The third-order valence-corrected chi connectivity index (χ3v) is 3.98. The van der Waals surface area contributed by atoms with Crippen LogP contribution < -0.4 is 16.2 Å². The van der Waals surface area contributed by atoms with Gasteiger partial charge in [-0.15, -0.1) is 6.58 Å². The number of aromatic nitrogens is 2. The van der Waals surface area contributed by atoms with Crippen LogP contribution in [0.4, 0.5) is 11.5 Å². The minimum atomic E-state index is -0.166. The van der Waals surface area contributed by atoms with E-state index in [9.17, 15) is 9.59 Å². The Morgan fingerprint density at radius 3 is 2.81 bits per heavy atom. The largest absolute Gasteiger partial charge is 0.376 e. The van der Waals surface area contributed by atoms with Crippen LogP contribution in [-0.2, 0) is 4.79 Å². The summed E-state index contributed by atoms with van der Waals surface area (Å²) in [5.41, 5.74) is 2.21. The van der Waals surface area contributed by atoms with E-state index in [0.717, 1.165) is 29.8 Å². The number of nitrogens with one attached hydrogen (secondary N) is 3. The predicted molar refractivity (Wildman–Crippen MR) is 105 cm³/mol.